The van der Waals surface area contributed by atoms with Crippen LogP contribution in [0.3, 0.4) is 0 Å². The predicted molar refractivity (Wildman–Crippen MR) is 139 cm³/mol. The first-order valence-corrected chi connectivity index (χ1v) is 13.7. The molecule has 2 rings (SSSR count). The van der Waals surface area contributed by atoms with E-state index in [1.807, 2.05) is 57.2 Å². The van der Waals surface area contributed by atoms with Crippen LogP contribution in [-0.2, 0) is 26.2 Å². The number of likely N-dealkylation sites (N-methyl/N-ethyl adjacent to an activating group) is 1. The van der Waals surface area contributed by atoms with Crippen LogP contribution in [0.25, 0.3) is 0 Å². The van der Waals surface area contributed by atoms with E-state index in [1.165, 1.54) is 10.6 Å². The number of hydrogen-bond donors (Lipinski definition) is 1. The molecule has 0 unspecified atom stereocenters. The van der Waals surface area contributed by atoms with E-state index in [2.05, 4.69) is 5.32 Å². The first-order chi connectivity index (χ1) is 16.6. The van der Waals surface area contributed by atoms with Crippen molar-refractivity contribution in [1.82, 2.24) is 10.2 Å². The lowest BCUT2D eigenvalue weighted by atomic mass is 10.1. The van der Waals surface area contributed by atoms with Crippen molar-refractivity contribution in [1.29, 1.82) is 0 Å². The lowest BCUT2D eigenvalue weighted by molar-refractivity contribution is -0.141. The number of amides is 2. The van der Waals surface area contributed by atoms with Crippen molar-refractivity contribution in [2.75, 3.05) is 30.8 Å². The molecule has 2 aromatic rings. The highest BCUT2D eigenvalue weighted by atomic mass is 32.2. The number of nitrogens with one attached hydrogen (secondary N) is 1. The number of nitrogens with zero attached hydrogens (tertiary/aromatic N) is 2. The van der Waals surface area contributed by atoms with Crippen LogP contribution in [0, 0.1) is 6.92 Å². The number of carbonyl (C=O) groups is 2. The molecule has 2 amide bonds. The molecule has 0 fully saturated rings. The van der Waals surface area contributed by atoms with Gasteiger partial charge in [0.05, 0.1) is 19.1 Å². The van der Waals surface area contributed by atoms with Crippen molar-refractivity contribution < 1.29 is 22.7 Å². The van der Waals surface area contributed by atoms with E-state index in [1.54, 1.807) is 24.1 Å². The Morgan fingerprint density at radius 3 is 2.26 bits per heavy atom. The second kappa shape index (κ2) is 13.1. The summed E-state index contributed by atoms with van der Waals surface area (Å²) < 4.78 is 31.5. The Bertz CT molecular complexity index is 1090. The summed E-state index contributed by atoms with van der Waals surface area (Å²) in [5.41, 5.74) is 2.32. The third kappa shape index (κ3) is 7.99. The van der Waals surface area contributed by atoms with E-state index in [-0.39, 0.29) is 31.3 Å². The molecule has 0 saturated heterocycles. The number of sulfonamides is 1. The Morgan fingerprint density at radius 1 is 1.06 bits per heavy atom. The summed E-state index contributed by atoms with van der Waals surface area (Å²) in [6.45, 7) is 6.48. The average molecular weight is 504 g/mol. The maximum absolute atomic E-state index is 13.4. The average Bonchev–Trinajstić information content (AvgIpc) is 2.82. The monoisotopic (exact) mass is 503 g/mol. The molecular weight excluding hydrogens is 466 g/mol. The van der Waals surface area contributed by atoms with Crippen LogP contribution in [0.15, 0.2) is 48.5 Å². The van der Waals surface area contributed by atoms with Crippen LogP contribution in [-0.4, -0.2) is 57.6 Å². The van der Waals surface area contributed by atoms with Crippen LogP contribution in [0.1, 0.15) is 44.2 Å². The summed E-state index contributed by atoms with van der Waals surface area (Å²) in [5, 5.41) is 2.82. The van der Waals surface area contributed by atoms with Crippen molar-refractivity contribution in [3.05, 3.63) is 59.7 Å². The number of para-hydroxylation sites is 1. The number of methoxy groups -OCH3 is 1. The Balaban J connectivity index is 2.21. The third-order valence-corrected chi connectivity index (χ3v) is 6.97. The fourth-order valence-electron chi connectivity index (χ4n) is 3.96. The Kier molecular flexibility index (Phi) is 10.6. The minimum Gasteiger partial charge on any atom is -0.497 e. The van der Waals surface area contributed by atoms with Crippen LogP contribution < -0.4 is 14.4 Å². The molecule has 0 radical (unpaired) electrons. The molecule has 9 heteroatoms. The van der Waals surface area contributed by atoms with Gasteiger partial charge in [-0.15, -0.1) is 0 Å². The molecular formula is C26H37N3O5S. The van der Waals surface area contributed by atoms with E-state index in [0.29, 0.717) is 30.8 Å². The summed E-state index contributed by atoms with van der Waals surface area (Å²) >= 11 is 0. The number of hydrogen-bond acceptors (Lipinski definition) is 5. The zero-order chi connectivity index (χ0) is 26.0. The molecule has 0 aliphatic carbocycles. The van der Waals surface area contributed by atoms with Gasteiger partial charge in [0.15, 0.2) is 0 Å². The molecule has 1 N–H and O–H groups in total. The smallest absolute Gasteiger partial charge is 0.242 e. The summed E-state index contributed by atoms with van der Waals surface area (Å²) in [7, 11) is -1.94. The normalized spacial score (nSPS) is 12.0. The quantitative estimate of drug-likeness (QED) is 0.451. The minimum atomic E-state index is -3.52. The standard InChI is InChI=1S/C26H37N3O5S/c1-6-23(26(31)27-7-2)28(19-21-14-16-22(34-4)17-15-21)25(30)13-10-18-29(35(5,32)33)24-12-9-8-11-20(24)3/h8-9,11-12,14-17,23H,6-7,10,13,18-19H2,1-5H3,(H,27,31)/t23-/m1/s1. The Morgan fingerprint density at radius 2 is 1.71 bits per heavy atom. The maximum atomic E-state index is 13.4. The van der Waals surface area contributed by atoms with Crippen LogP contribution >= 0.6 is 0 Å². The van der Waals surface area contributed by atoms with E-state index in [0.717, 1.165) is 11.1 Å². The highest BCUT2D eigenvalue weighted by molar-refractivity contribution is 7.92. The van der Waals surface area contributed by atoms with E-state index >= 15 is 0 Å². The number of ether oxygens (including phenoxy) is 1. The SMILES string of the molecule is CCNC(=O)[C@@H](CC)N(Cc1ccc(OC)cc1)C(=O)CCCN(c1ccccc1C)S(C)(=O)=O. The number of anilines is 1. The molecule has 0 spiro atoms. The molecule has 35 heavy (non-hydrogen) atoms. The molecule has 192 valence electrons. The Labute approximate surface area is 209 Å². The van der Waals surface area contributed by atoms with Crippen LogP contribution in [0.5, 0.6) is 5.75 Å². The number of rotatable bonds is 13. The van der Waals surface area contributed by atoms with Gasteiger partial charge in [-0.3, -0.25) is 13.9 Å². The first-order valence-electron chi connectivity index (χ1n) is 11.9. The third-order valence-electron chi connectivity index (χ3n) is 5.79. The van der Waals surface area contributed by atoms with E-state index in [9.17, 15) is 18.0 Å². The second-order valence-electron chi connectivity index (χ2n) is 8.41. The molecule has 0 aliphatic heterocycles. The van der Waals surface area contributed by atoms with Gasteiger partial charge in [0, 0.05) is 26.1 Å². The van der Waals surface area contributed by atoms with Gasteiger partial charge in [-0.05, 0) is 56.0 Å². The van der Waals surface area contributed by atoms with Crippen molar-refractivity contribution >= 4 is 27.5 Å². The lowest BCUT2D eigenvalue weighted by Gasteiger charge is -2.31. The molecule has 1 atom stereocenters. The summed E-state index contributed by atoms with van der Waals surface area (Å²) in [6, 6.07) is 14.0. The van der Waals surface area contributed by atoms with E-state index < -0.39 is 16.1 Å². The fourth-order valence-corrected chi connectivity index (χ4v) is 4.99. The van der Waals surface area contributed by atoms with Gasteiger partial charge in [-0.2, -0.15) is 0 Å². The summed E-state index contributed by atoms with van der Waals surface area (Å²) in [5.74, 6) is 0.311. The predicted octanol–water partition coefficient (Wildman–Crippen LogP) is 3.49. The van der Waals surface area contributed by atoms with E-state index in [4.69, 9.17) is 4.74 Å². The molecule has 0 aliphatic rings. The lowest BCUT2D eigenvalue weighted by Crippen LogP contribution is -2.49. The zero-order valence-electron chi connectivity index (χ0n) is 21.3. The summed E-state index contributed by atoms with van der Waals surface area (Å²) in [4.78, 5) is 27.7. The number of aryl methyl sites for hydroxylation is 1. The Hall–Kier alpha value is -3.07. The topological polar surface area (TPSA) is 96.0 Å². The molecule has 2 aromatic carbocycles. The van der Waals surface area contributed by atoms with Gasteiger partial charge in [0.25, 0.3) is 0 Å². The van der Waals surface area contributed by atoms with Gasteiger partial charge in [0.1, 0.15) is 11.8 Å². The largest absolute Gasteiger partial charge is 0.497 e. The minimum absolute atomic E-state index is 0.115. The molecule has 0 heterocycles. The van der Waals surface area contributed by atoms with Crippen molar-refractivity contribution in [2.24, 2.45) is 0 Å². The van der Waals surface area contributed by atoms with Gasteiger partial charge in [-0.25, -0.2) is 8.42 Å². The molecule has 0 bridgehead atoms. The fraction of sp³-hybridized carbons (Fsp3) is 0.462. The van der Waals surface area contributed by atoms with Crippen molar-refractivity contribution in [3.8, 4) is 5.75 Å². The van der Waals surface area contributed by atoms with Gasteiger partial charge >= 0.3 is 0 Å². The zero-order valence-corrected chi connectivity index (χ0v) is 22.1. The summed E-state index contributed by atoms with van der Waals surface area (Å²) in [6.07, 6.45) is 2.07. The van der Waals surface area contributed by atoms with Crippen molar-refractivity contribution in [2.45, 2.75) is 52.6 Å². The van der Waals surface area contributed by atoms with Gasteiger partial charge in [-0.1, -0.05) is 37.3 Å². The van der Waals surface area contributed by atoms with Crippen LogP contribution in [0.2, 0.25) is 0 Å². The molecule has 8 nitrogen and oxygen atoms in total. The second-order valence-corrected chi connectivity index (χ2v) is 10.3. The maximum Gasteiger partial charge on any atom is 0.242 e. The van der Waals surface area contributed by atoms with Crippen molar-refractivity contribution in [3.63, 3.8) is 0 Å². The molecule has 0 aromatic heterocycles. The highest BCUT2D eigenvalue weighted by Gasteiger charge is 2.28. The van der Waals surface area contributed by atoms with Crippen LogP contribution in [0.4, 0.5) is 5.69 Å². The van der Waals surface area contributed by atoms with Gasteiger partial charge in [0.2, 0.25) is 21.8 Å². The number of benzene rings is 2. The first kappa shape index (κ1) is 28.2. The van der Waals surface area contributed by atoms with Gasteiger partial charge < -0.3 is 15.0 Å². The molecule has 0 saturated carbocycles. The number of carbonyl (C=O) groups excluding carboxylic acids is 2. The highest BCUT2D eigenvalue weighted by Crippen LogP contribution is 2.23.